The van der Waals surface area contributed by atoms with Crippen LogP contribution < -0.4 is 10.0 Å². The molecule has 5 nitrogen and oxygen atoms in total. The molecule has 31 heavy (non-hydrogen) atoms. The molecule has 3 aromatic rings. The minimum atomic E-state index is -3.68. The molecule has 1 atom stereocenters. The number of nitrogens with one attached hydrogen (secondary N) is 2. The number of anilines is 1. The molecule has 0 fully saturated rings. The summed E-state index contributed by atoms with van der Waals surface area (Å²) in [6.07, 6.45) is 0. The zero-order chi connectivity index (χ0) is 22.8. The molecule has 6 heteroatoms. The van der Waals surface area contributed by atoms with Crippen molar-refractivity contribution in [3.63, 3.8) is 0 Å². The van der Waals surface area contributed by atoms with Crippen LogP contribution in [0.3, 0.4) is 0 Å². The van der Waals surface area contributed by atoms with E-state index in [2.05, 4.69) is 36.0 Å². The Kier molecular flexibility index (Phi) is 6.51. The predicted molar refractivity (Wildman–Crippen MR) is 125 cm³/mol. The predicted octanol–water partition coefficient (Wildman–Crippen LogP) is 5.21. The van der Waals surface area contributed by atoms with E-state index in [0.29, 0.717) is 11.3 Å². The molecule has 0 spiro atoms. The third-order valence-corrected chi connectivity index (χ3v) is 6.82. The lowest BCUT2D eigenvalue weighted by molar-refractivity contribution is 0.0940. The molecule has 0 saturated carbocycles. The average molecular weight is 437 g/mol. The van der Waals surface area contributed by atoms with Crippen molar-refractivity contribution in [2.75, 3.05) is 4.72 Å². The Balaban J connectivity index is 1.70. The molecule has 0 unspecified atom stereocenters. The summed E-state index contributed by atoms with van der Waals surface area (Å²) in [6.45, 7) is 10.0. The summed E-state index contributed by atoms with van der Waals surface area (Å²) in [5, 5.41) is 3.02. The molecule has 0 heterocycles. The first-order chi connectivity index (χ1) is 14.6. The van der Waals surface area contributed by atoms with E-state index in [-0.39, 0.29) is 16.8 Å². The molecule has 0 radical (unpaired) electrons. The first-order valence-electron chi connectivity index (χ1n) is 10.1. The van der Waals surface area contributed by atoms with E-state index in [4.69, 9.17) is 0 Å². The minimum absolute atomic E-state index is 0.147. The molecule has 0 aliphatic carbocycles. The molecule has 3 rings (SSSR count). The van der Waals surface area contributed by atoms with Gasteiger partial charge < -0.3 is 5.32 Å². The van der Waals surface area contributed by atoms with Gasteiger partial charge in [-0.15, -0.1) is 0 Å². The van der Waals surface area contributed by atoms with Crippen molar-refractivity contribution < 1.29 is 13.2 Å². The Morgan fingerprint density at radius 1 is 0.806 bits per heavy atom. The lowest BCUT2D eigenvalue weighted by atomic mass is 9.96. The maximum atomic E-state index is 12.7. The van der Waals surface area contributed by atoms with Crippen LogP contribution >= 0.6 is 0 Å². The molecule has 0 bridgehead atoms. The SMILES string of the molecule is Cc1ccc(S(=O)(=O)Nc2ccc(C(=O)N[C@@H](C)c3cc(C)c(C)cc3C)cc2)cc1. The monoisotopic (exact) mass is 436 g/mol. The second kappa shape index (κ2) is 8.94. The number of sulfonamides is 1. The van der Waals surface area contributed by atoms with E-state index in [1.54, 1.807) is 48.5 Å². The zero-order valence-corrected chi connectivity index (χ0v) is 19.3. The molecule has 0 aromatic heterocycles. The summed E-state index contributed by atoms with van der Waals surface area (Å²) in [5.41, 5.74) is 6.48. The van der Waals surface area contributed by atoms with E-state index >= 15 is 0 Å². The van der Waals surface area contributed by atoms with Gasteiger partial charge in [0.2, 0.25) is 0 Å². The molecule has 2 N–H and O–H groups in total. The fraction of sp³-hybridized carbons (Fsp3) is 0.240. The maximum Gasteiger partial charge on any atom is 0.261 e. The smallest absolute Gasteiger partial charge is 0.261 e. The van der Waals surface area contributed by atoms with Crippen molar-refractivity contribution in [1.29, 1.82) is 0 Å². The van der Waals surface area contributed by atoms with Crippen LogP contribution in [-0.4, -0.2) is 14.3 Å². The molecule has 0 saturated heterocycles. The number of amides is 1. The highest BCUT2D eigenvalue weighted by molar-refractivity contribution is 7.92. The molecular formula is C25H28N2O3S. The third-order valence-electron chi connectivity index (χ3n) is 5.43. The maximum absolute atomic E-state index is 12.7. The Hall–Kier alpha value is -3.12. The van der Waals surface area contributed by atoms with Crippen molar-refractivity contribution in [3.8, 4) is 0 Å². The van der Waals surface area contributed by atoms with E-state index < -0.39 is 10.0 Å². The van der Waals surface area contributed by atoms with Gasteiger partial charge in [-0.05, 0) is 93.3 Å². The normalized spacial score (nSPS) is 12.3. The number of aryl methyl sites for hydroxylation is 4. The van der Waals surface area contributed by atoms with Crippen molar-refractivity contribution >= 4 is 21.6 Å². The summed E-state index contributed by atoms with van der Waals surface area (Å²) in [4.78, 5) is 12.9. The van der Waals surface area contributed by atoms with Gasteiger partial charge in [-0.2, -0.15) is 0 Å². The fourth-order valence-electron chi connectivity index (χ4n) is 3.43. The highest BCUT2D eigenvalue weighted by Crippen LogP contribution is 2.22. The Morgan fingerprint density at radius 2 is 1.39 bits per heavy atom. The minimum Gasteiger partial charge on any atom is -0.346 e. The molecular weight excluding hydrogens is 408 g/mol. The van der Waals surface area contributed by atoms with Gasteiger partial charge in [-0.25, -0.2) is 8.42 Å². The number of carbonyl (C=O) groups excluding carboxylic acids is 1. The molecule has 162 valence electrons. The summed E-state index contributed by atoms with van der Waals surface area (Å²) in [6, 6.07) is 17.1. The number of rotatable bonds is 6. The average Bonchev–Trinajstić information content (AvgIpc) is 2.71. The second-order valence-corrected chi connectivity index (χ2v) is 9.67. The lowest BCUT2D eigenvalue weighted by Crippen LogP contribution is -2.27. The highest BCUT2D eigenvalue weighted by atomic mass is 32.2. The molecule has 1 amide bonds. The van der Waals surface area contributed by atoms with Crippen LogP contribution in [-0.2, 0) is 10.0 Å². The van der Waals surface area contributed by atoms with Gasteiger partial charge in [-0.3, -0.25) is 9.52 Å². The van der Waals surface area contributed by atoms with Gasteiger partial charge in [0.1, 0.15) is 0 Å². The zero-order valence-electron chi connectivity index (χ0n) is 18.5. The van der Waals surface area contributed by atoms with E-state index in [1.165, 1.54) is 11.1 Å². The molecule has 0 aliphatic heterocycles. The van der Waals surface area contributed by atoms with Crippen LogP contribution in [0.1, 0.15) is 51.1 Å². The quantitative estimate of drug-likeness (QED) is 0.557. The lowest BCUT2D eigenvalue weighted by Gasteiger charge is -2.18. The van der Waals surface area contributed by atoms with Crippen LogP contribution in [0.5, 0.6) is 0 Å². The first-order valence-corrected chi connectivity index (χ1v) is 11.6. The van der Waals surface area contributed by atoms with Crippen LogP contribution in [0.25, 0.3) is 0 Å². The van der Waals surface area contributed by atoms with E-state index in [1.807, 2.05) is 20.8 Å². The number of hydrogen-bond acceptors (Lipinski definition) is 3. The number of hydrogen-bond donors (Lipinski definition) is 2. The van der Waals surface area contributed by atoms with Crippen LogP contribution in [0.4, 0.5) is 5.69 Å². The largest absolute Gasteiger partial charge is 0.346 e. The van der Waals surface area contributed by atoms with Gasteiger partial charge in [0.25, 0.3) is 15.9 Å². The first kappa shape index (κ1) is 22.6. The number of carbonyl (C=O) groups is 1. The van der Waals surface area contributed by atoms with Crippen LogP contribution in [0.15, 0.2) is 65.6 Å². The van der Waals surface area contributed by atoms with Crippen molar-refractivity contribution in [3.05, 3.63) is 94.0 Å². The highest BCUT2D eigenvalue weighted by Gasteiger charge is 2.16. The van der Waals surface area contributed by atoms with Gasteiger partial charge in [0.15, 0.2) is 0 Å². The Bertz CT molecular complexity index is 1200. The van der Waals surface area contributed by atoms with Gasteiger partial charge >= 0.3 is 0 Å². The van der Waals surface area contributed by atoms with Crippen molar-refractivity contribution in [2.45, 2.75) is 45.6 Å². The summed E-state index contributed by atoms with van der Waals surface area (Å²) < 4.78 is 27.6. The Labute approximate surface area is 184 Å². The fourth-order valence-corrected chi connectivity index (χ4v) is 4.49. The summed E-state index contributed by atoms with van der Waals surface area (Å²) in [7, 11) is -3.68. The van der Waals surface area contributed by atoms with Crippen LogP contribution in [0.2, 0.25) is 0 Å². The second-order valence-electron chi connectivity index (χ2n) is 7.98. The molecule has 3 aromatic carbocycles. The summed E-state index contributed by atoms with van der Waals surface area (Å²) >= 11 is 0. The van der Waals surface area contributed by atoms with Crippen LogP contribution in [0, 0.1) is 27.7 Å². The topological polar surface area (TPSA) is 75.3 Å². The standard InChI is InChI=1S/C25H28N2O3S/c1-16-6-12-23(13-7-16)31(29,30)27-22-10-8-21(9-11-22)25(28)26-20(5)24-15-18(3)17(2)14-19(24)4/h6-15,20,27H,1-5H3,(H,26,28)/t20-/m0/s1. The van der Waals surface area contributed by atoms with E-state index in [0.717, 1.165) is 16.7 Å². The van der Waals surface area contributed by atoms with Gasteiger partial charge in [0, 0.05) is 11.3 Å². The third kappa shape index (κ3) is 5.33. The van der Waals surface area contributed by atoms with Crippen molar-refractivity contribution in [1.82, 2.24) is 5.32 Å². The van der Waals surface area contributed by atoms with E-state index in [9.17, 15) is 13.2 Å². The summed E-state index contributed by atoms with van der Waals surface area (Å²) in [5.74, 6) is -0.210. The van der Waals surface area contributed by atoms with Gasteiger partial charge in [0.05, 0.1) is 10.9 Å². The van der Waals surface area contributed by atoms with Crippen molar-refractivity contribution in [2.24, 2.45) is 0 Å². The molecule has 0 aliphatic rings. The number of benzene rings is 3. The van der Waals surface area contributed by atoms with Gasteiger partial charge in [-0.1, -0.05) is 29.8 Å². The Morgan fingerprint density at radius 3 is 2.00 bits per heavy atom.